The largest absolute Gasteiger partial charge is 0.493 e. The van der Waals surface area contributed by atoms with Crippen LogP contribution in [0.3, 0.4) is 0 Å². The summed E-state index contributed by atoms with van der Waals surface area (Å²) >= 11 is 18.5. The van der Waals surface area contributed by atoms with Crippen LogP contribution in [0.15, 0.2) is 18.2 Å². The van der Waals surface area contributed by atoms with Crippen molar-refractivity contribution in [1.82, 2.24) is 10.2 Å². The van der Waals surface area contributed by atoms with Gasteiger partial charge in [0.15, 0.2) is 11.5 Å². The third-order valence-electron chi connectivity index (χ3n) is 3.74. The Morgan fingerprint density at radius 3 is 2.17 bits per heavy atom. The van der Waals surface area contributed by atoms with Gasteiger partial charge >= 0.3 is 0 Å². The van der Waals surface area contributed by atoms with Crippen molar-refractivity contribution in [2.75, 3.05) is 40.4 Å². The molecule has 1 rings (SSSR count). The van der Waals surface area contributed by atoms with Gasteiger partial charge in [-0.15, -0.1) is 0 Å². The second kappa shape index (κ2) is 9.80. The minimum absolute atomic E-state index is 0.442. The standard InChI is InChI=1S/C16H25Cl3N2O2/c1-5-21(6-2)10-9-20-15(16(17,18)19)12-7-8-13(22-3)14(11-12)23-4/h7-8,11,15,20H,5-6,9-10H2,1-4H3/t15-/m1/s1. The van der Waals surface area contributed by atoms with E-state index in [9.17, 15) is 0 Å². The summed E-state index contributed by atoms with van der Waals surface area (Å²) in [5.41, 5.74) is 0.835. The first-order valence-electron chi connectivity index (χ1n) is 7.61. The molecule has 1 atom stereocenters. The van der Waals surface area contributed by atoms with Gasteiger partial charge in [0.1, 0.15) is 0 Å². The molecule has 0 amide bonds. The van der Waals surface area contributed by atoms with Crippen LogP contribution in [0, 0.1) is 0 Å². The van der Waals surface area contributed by atoms with E-state index < -0.39 is 9.83 Å². The number of rotatable bonds is 9. The van der Waals surface area contributed by atoms with E-state index in [1.807, 2.05) is 18.2 Å². The molecule has 4 nitrogen and oxygen atoms in total. The lowest BCUT2D eigenvalue weighted by Gasteiger charge is -2.28. The molecule has 0 heterocycles. The minimum Gasteiger partial charge on any atom is -0.493 e. The molecule has 0 unspecified atom stereocenters. The van der Waals surface area contributed by atoms with Gasteiger partial charge < -0.3 is 19.7 Å². The number of halogens is 3. The van der Waals surface area contributed by atoms with Gasteiger partial charge in [-0.2, -0.15) is 0 Å². The quantitative estimate of drug-likeness (QED) is 0.652. The van der Waals surface area contributed by atoms with E-state index >= 15 is 0 Å². The Balaban J connectivity index is 2.90. The number of likely N-dealkylation sites (N-methyl/N-ethyl adjacent to an activating group) is 1. The van der Waals surface area contributed by atoms with Gasteiger partial charge in [0, 0.05) is 13.1 Å². The fourth-order valence-corrected chi connectivity index (χ4v) is 2.97. The van der Waals surface area contributed by atoms with Gasteiger partial charge in [0.2, 0.25) is 3.79 Å². The maximum Gasteiger partial charge on any atom is 0.209 e. The van der Waals surface area contributed by atoms with E-state index in [1.54, 1.807) is 14.2 Å². The zero-order valence-electron chi connectivity index (χ0n) is 14.0. The lowest BCUT2D eigenvalue weighted by molar-refractivity contribution is 0.296. The first-order chi connectivity index (χ1) is 10.9. The second-order valence-electron chi connectivity index (χ2n) is 5.07. The van der Waals surface area contributed by atoms with Gasteiger partial charge in [-0.05, 0) is 30.8 Å². The highest BCUT2D eigenvalue weighted by Crippen LogP contribution is 2.41. The van der Waals surface area contributed by atoms with Crippen molar-refractivity contribution >= 4 is 34.8 Å². The smallest absolute Gasteiger partial charge is 0.209 e. The van der Waals surface area contributed by atoms with Gasteiger partial charge in [0.25, 0.3) is 0 Å². The van der Waals surface area contributed by atoms with Crippen LogP contribution < -0.4 is 14.8 Å². The van der Waals surface area contributed by atoms with Gasteiger partial charge in [0.05, 0.1) is 20.3 Å². The van der Waals surface area contributed by atoms with E-state index in [2.05, 4.69) is 24.1 Å². The molecule has 132 valence electrons. The Hall–Kier alpha value is -0.390. The normalized spacial score (nSPS) is 13.2. The molecule has 0 aliphatic carbocycles. The van der Waals surface area contributed by atoms with Crippen molar-refractivity contribution in [2.24, 2.45) is 0 Å². The Morgan fingerprint density at radius 2 is 1.70 bits per heavy atom. The summed E-state index contributed by atoms with van der Waals surface area (Å²) in [6, 6.07) is 5.07. The Morgan fingerprint density at radius 1 is 1.09 bits per heavy atom. The first-order valence-corrected chi connectivity index (χ1v) is 8.75. The summed E-state index contributed by atoms with van der Waals surface area (Å²) in [6.45, 7) is 7.85. The van der Waals surface area contributed by atoms with Crippen molar-refractivity contribution < 1.29 is 9.47 Å². The number of ether oxygens (including phenoxy) is 2. The maximum absolute atomic E-state index is 6.17. The van der Waals surface area contributed by atoms with Crippen molar-refractivity contribution in [2.45, 2.75) is 23.7 Å². The van der Waals surface area contributed by atoms with E-state index in [-0.39, 0.29) is 0 Å². The number of alkyl halides is 3. The Bertz CT molecular complexity index is 477. The molecular formula is C16H25Cl3N2O2. The van der Waals surface area contributed by atoms with Crippen molar-refractivity contribution in [3.05, 3.63) is 23.8 Å². The number of nitrogens with one attached hydrogen (secondary N) is 1. The SMILES string of the molecule is CCN(CC)CCN[C@H](c1ccc(OC)c(OC)c1)C(Cl)(Cl)Cl. The zero-order valence-corrected chi connectivity index (χ0v) is 16.3. The summed E-state index contributed by atoms with van der Waals surface area (Å²) in [7, 11) is 3.17. The van der Waals surface area contributed by atoms with Gasteiger partial charge in [-0.1, -0.05) is 54.7 Å². The molecule has 0 spiro atoms. The van der Waals surface area contributed by atoms with Crippen LogP contribution in [0.25, 0.3) is 0 Å². The lowest BCUT2D eigenvalue weighted by Crippen LogP contribution is -2.38. The molecule has 7 heteroatoms. The third kappa shape index (κ3) is 6.20. The first kappa shape index (κ1) is 20.7. The van der Waals surface area contributed by atoms with E-state index in [4.69, 9.17) is 44.3 Å². The monoisotopic (exact) mass is 382 g/mol. The molecule has 0 aliphatic heterocycles. The molecule has 0 radical (unpaired) electrons. The van der Waals surface area contributed by atoms with Crippen molar-refractivity contribution in [3.63, 3.8) is 0 Å². The highest BCUT2D eigenvalue weighted by Gasteiger charge is 2.34. The average Bonchev–Trinajstić information content (AvgIpc) is 2.53. The lowest BCUT2D eigenvalue weighted by atomic mass is 10.1. The van der Waals surface area contributed by atoms with Crippen LogP contribution in [0.4, 0.5) is 0 Å². The van der Waals surface area contributed by atoms with Gasteiger partial charge in [-0.3, -0.25) is 0 Å². The maximum atomic E-state index is 6.17. The zero-order chi connectivity index (χ0) is 17.5. The fourth-order valence-electron chi connectivity index (χ4n) is 2.36. The molecule has 0 fully saturated rings. The molecule has 1 aromatic rings. The van der Waals surface area contributed by atoms with Crippen LogP contribution in [-0.4, -0.2) is 49.1 Å². The number of methoxy groups -OCH3 is 2. The third-order valence-corrected chi connectivity index (χ3v) is 4.39. The fraction of sp³-hybridized carbons (Fsp3) is 0.625. The number of hydrogen-bond acceptors (Lipinski definition) is 4. The molecule has 0 saturated carbocycles. The predicted molar refractivity (Wildman–Crippen MR) is 98.4 cm³/mol. The van der Waals surface area contributed by atoms with E-state index in [0.717, 1.165) is 25.2 Å². The average molecular weight is 384 g/mol. The minimum atomic E-state index is -1.47. The predicted octanol–water partition coefficient (Wildman–Crippen LogP) is 4.05. The molecular weight excluding hydrogens is 359 g/mol. The van der Waals surface area contributed by atoms with Crippen molar-refractivity contribution in [3.8, 4) is 11.5 Å². The second-order valence-corrected chi connectivity index (χ2v) is 7.44. The van der Waals surface area contributed by atoms with Crippen LogP contribution in [-0.2, 0) is 0 Å². The van der Waals surface area contributed by atoms with Crippen LogP contribution >= 0.6 is 34.8 Å². The Labute approximate surface area is 154 Å². The summed E-state index contributed by atoms with van der Waals surface area (Å²) in [4.78, 5) is 2.30. The summed E-state index contributed by atoms with van der Waals surface area (Å²) in [5.74, 6) is 1.25. The van der Waals surface area contributed by atoms with Crippen LogP contribution in [0.2, 0.25) is 0 Å². The molecule has 0 aliphatic rings. The van der Waals surface area contributed by atoms with E-state index in [1.165, 1.54) is 0 Å². The highest BCUT2D eigenvalue weighted by atomic mass is 35.6. The summed E-state index contributed by atoms with van der Waals surface area (Å²) < 4.78 is 9.10. The van der Waals surface area contributed by atoms with Crippen LogP contribution in [0.5, 0.6) is 11.5 Å². The van der Waals surface area contributed by atoms with Crippen LogP contribution in [0.1, 0.15) is 25.5 Å². The van der Waals surface area contributed by atoms with Gasteiger partial charge in [-0.25, -0.2) is 0 Å². The molecule has 0 aromatic heterocycles. The number of benzene rings is 1. The molecule has 23 heavy (non-hydrogen) atoms. The highest BCUT2D eigenvalue weighted by molar-refractivity contribution is 6.68. The molecule has 0 saturated heterocycles. The summed E-state index contributed by atoms with van der Waals surface area (Å²) in [6.07, 6.45) is 0. The van der Waals surface area contributed by atoms with Crippen molar-refractivity contribution in [1.29, 1.82) is 0 Å². The molecule has 0 bridgehead atoms. The number of hydrogen-bond donors (Lipinski definition) is 1. The van der Waals surface area contributed by atoms with E-state index in [0.29, 0.717) is 18.0 Å². The molecule has 1 aromatic carbocycles. The number of nitrogens with zero attached hydrogens (tertiary/aromatic N) is 1. The summed E-state index contributed by atoms with van der Waals surface area (Å²) in [5, 5.41) is 3.33. The molecule has 1 N–H and O–H groups in total. The topological polar surface area (TPSA) is 33.7 Å². The Kier molecular flexibility index (Phi) is 8.80.